The fourth-order valence-corrected chi connectivity index (χ4v) is 3.10. The number of hydrogen-bond acceptors (Lipinski definition) is 3. The van der Waals surface area contributed by atoms with E-state index in [1.165, 1.54) is 12.8 Å². The highest BCUT2D eigenvalue weighted by Crippen LogP contribution is 2.28. The van der Waals surface area contributed by atoms with Crippen molar-refractivity contribution in [2.75, 3.05) is 18.0 Å². The van der Waals surface area contributed by atoms with Gasteiger partial charge in [0, 0.05) is 25.7 Å². The molecule has 21 heavy (non-hydrogen) atoms. The molecule has 3 nitrogen and oxygen atoms in total. The molecule has 1 aliphatic heterocycles. The number of rotatable bonds is 4. The molecule has 1 aliphatic carbocycles. The number of hydrogen-bond donors (Lipinski definition) is 1. The summed E-state index contributed by atoms with van der Waals surface area (Å²) in [4.78, 5) is 2.10. The molecule has 0 bridgehead atoms. The molecule has 116 valence electrons. The number of benzene rings is 1. The van der Waals surface area contributed by atoms with Crippen molar-refractivity contribution >= 4 is 5.69 Å². The normalized spacial score (nSPS) is 25.1. The van der Waals surface area contributed by atoms with Gasteiger partial charge in [-0.1, -0.05) is 6.07 Å². The summed E-state index contributed by atoms with van der Waals surface area (Å²) in [6.07, 6.45) is 2.62. The van der Waals surface area contributed by atoms with E-state index in [0.717, 1.165) is 18.7 Å². The van der Waals surface area contributed by atoms with E-state index in [1.54, 1.807) is 6.07 Å². The third-order valence-electron chi connectivity index (χ3n) is 4.09. The Hall–Kier alpha value is -1.13. The van der Waals surface area contributed by atoms with Crippen LogP contribution in [0.5, 0.6) is 0 Å². The Labute approximate surface area is 126 Å². The summed E-state index contributed by atoms with van der Waals surface area (Å²) in [5.41, 5.74) is 1.47. The molecular formula is C17H25FN2O. The zero-order valence-corrected chi connectivity index (χ0v) is 13.2. The minimum absolute atomic E-state index is 0.115. The highest BCUT2D eigenvalue weighted by molar-refractivity contribution is 5.50. The van der Waals surface area contributed by atoms with Crippen LogP contribution < -0.4 is 10.2 Å². The van der Waals surface area contributed by atoms with Crippen molar-refractivity contribution in [1.82, 2.24) is 5.32 Å². The van der Waals surface area contributed by atoms with Crippen molar-refractivity contribution in [3.05, 3.63) is 29.6 Å². The minimum atomic E-state index is -0.240. The molecule has 4 heteroatoms. The van der Waals surface area contributed by atoms with Gasteiger partial charge in [0.1, 0.15) is 5.82 Å². The first-order chi connectivity index (χ1) is 9.93. The van der Waals surface area contributed by atoms with Crippen LogP contribution in [0.1, 0.15) is 39.2 Å². The fourth-order valence-electron chi connectivity index (χ4n) is 3.10. The highest BCUT2D eigenvalue weighted by Gasteiger charge is 2.32. The zero-order chi connectivity index (χ0) is 15.0. The van der Waals surface area contributed by atoms with Gasteiger partial charge in [0.25, 0.3) is 0 Å². The van der Waals surface area contributed by atoms with Gasteiger partial charge in [-0.05, 0) is 51.3 Å². The number of nitrogens with one attached hydrogen (secondary N) is 1. The van der Waals surface area contributed by atoms with E-state index >= 15 is 0 Å². The molecule has 1 unspecified atom stereocenters. The molecule has 0 aromatic heterocycles. The van der Waals surface area contributed by atoms with E-state index < -0.39 is 0 Å². The molecule has 3 rings (SSSR count). The molecule has 0 amide bonds. The van der Waals surface area contributed by atoms with Gasteiger partial charge in [-0.3, -0.25) is 0 Å². The van der Waals surface area contributed by atoms with Crippen LogP contribution >= 0.6 is 0 Å². The lowest BCUT2D eigenvalue weighted by atomic mass is 10.0. The summed E-state index contributed by atoms with van der Waals surface area (Å²) in [7, 11) is 0. The lowest BCUT2D eigenvalue weighted by molar-refractivity contribution is -0.0751. The number of halogens is 1. The molecule has 1 saturated carbocycles. The van der Waals surface area contributed by atoms with Crippen LogP contribution in [-0.2, 0) is 11.3 Å². The quantitative estimate of drug-likeness (QED) is 0.923. The first-order valence-electron chi connectivity index (χ1n) is 7.87. The Kier molecular flexibility index (Phi) is 3.93. The van der Waals surface area contributed by atoms with Gasteiger partial charge in [0.15, 0.2) is 0 Å². The van der Waals surface area contributed by atoms with Crippen molar-refractivity contribution in [2.45, 2.75) is 57.9 Å². The van der Waals surface area contributed by atoms with Crippen LogP contribution in [-0.4, -0.2) is 30.8 Å². The third kappa shape index (κ3) is 3.74. The standard InChI is InChI=1S/C17H25FN2O/c1-12-10-20(11-17(2,3)21-12)16-7-4-13(8-15(16)18)9-19-14-5-6-14/h4,7-8,12,14,19H,5-6,9-11H2,1-3H3. The van der Waals surface area contributed by atoms with Crippen LogP contribution in [0.4, 0.5) is 10.1 Å². The molecule has 1 N–H and O–H groups in total. The van der Waals surface area contributed by atoms with Crippen LogP contribution in [0, 0.1) is 5.82 Å². The second kappa shape index (κ2) is 5.58. The average Bonchev–Trinajstić information content (AvgIpc) is 3.17. The van der Waals surface area contributed by atoms with Crippen molar-refractivity contribution in [1.29, 1.82) is 0 Å². The minimum Gasteiger partial charge on any atom is -0.369 e. The maximum atomic E-state index is 14.4. The van der Waals surface area contributed by atoms with Crippen LogP contribution in [0.15, 0.2) is 18.2 Å². The molecule has 2 fully saturated rings. The topological polar surface area (TPSA) is 24.5 Å². The first-order valence-corrected chi connectivity index (χ1v) is 7.87. The molecule has 1 aromatic carbocycles. The third-order valence-corrected chi connectivity index (χ3v) is 4.09. The summed E-state index contributed by atoms with van der Waals surface area (Å²) in [6.45, 7) is 8.36. The van der Waals surface area contributed by atoms with E-state index in [-0.39, 0.29) is 17.5 Å². The average molecular weight is 292 g/mol. The molecule has 0 radical (unpaired) electrons. The van der Waals surface area contributed by atoms with Crippen molar-refractivity contribution < 1.29 is 9.13 Å². The monoisotopic (exact) mass is 292 g/mol. The van der Waals surface area contributed by atoms with Gasteiger partial charge in [-0.2, -0.15) is 0 Å². The Morgan fingerprint density at radius 2 is 2.14 bits per heavy atom. The molecule has 1 saturated heterocycles. The highest BCUT2D eigenvalue weighted by atomic mass is 19.1. The van der Waals surface area contributed by atoms with E-state index in [1.807, 2.05) is 19.1 Å². The number of anilines is 1. The first kappa shape index (κ1) is 14.8. The molecular weight excluding hydrogens is 267 g/mol. The summed E-state index contributed by atoms with van der Waals surface area (Å²) >= 11 is 0. The van der Waals surface area contributed by atoms with Gasteiger partial charge in [-0.25, -0.2) is 4.39 Å². The van der Waals surface area contributed by atoms with E-state index in [0.29, 0.717) is 18.3 Å². The second-order valence-corrected chi connectivity index (χ2v) is 7.01. The predicted molar refractivity (Wildman–Crippen MR) is 83.1 cm³/mol. The van der Waals surface area contributed by atoms with Crippen LogP contribution in [0.25, 0.3) is 0 Å². The maximum Gasteiger partial charge on any atom is 0.146 e. The van der Waals surface area contributed by atoms with E-state index in [2.05, 4.69) is 24.1 Å². The van der Waals surface area contributed by atoms with Gasteiger partial charge in [-0.15, -0.1) is 0 Å². The summed E-state index contributed by atoms with van der Waals surface area (Å²) in [5, 5.41) is 3.42. The van der Waals surface area contributed by atoms with Crippen LogP contribution in [0.3, 0.4) is 0 Å². The summed E-state index contributed by atoms with van der Waals surface area (Å²) < 4.78 is 20.3. The Morgan fingerprint density at radius 3 is 2.76 bits per heavy atom. The lowest BCUT2D eigenvalue weighted by Gasteiger charge is -2.43. The van der Waals surface area contributed by atoms with Gasteiger partial charge < -0.3 is 15.0 Å². The van der Waals surface area contributed by atoms with Crippen molar-refractivity contribution in [3.63, 3.8) is 0 Å². The number of morpholine rings is 1. The maximum absolute atomic E-state index is 14.4. The summed E-state index contributed by atoms with van der Waals surface area (Å²) in [6, 6.07) is 6.25. The summed E-state index contributed by atoms with van der Waals surface area (Å²) in [5.74, 6) is -0.130. The molecule has 1 atom stereocenters. The van der Waals surface area contributed by atoms with Crippen molar-refractivity contribution in [3.8, 4) is 0 Å². The smallest absolute Gasteiger partial charge is 0.146 e. The lowest BCUT2D eigenvalue weighted by Crippen LogP contribution is -2.52. The molecule has 1 aromatic rings. The fraction of sp³-hybridized carbons (Fsp3) is 0.647. The van der Waals surface area contributed by atoms with E-state index in [4.69, 9.17) is 4.74 Å². The number of nitrogens with zero attached hydrogens (tertiary/aromatic N) is 1. The zero-order valence-electron chi connectivity index (χ0n) is 13.2. The van der Waals surface area contributed by atoms with Gasteiger partial charge >= 0.3 is 0 Å². The van der Waals surface area contributed by atoms with Gasteiger partial charge in [0.2, 0.25) is 0 Å². The number of ether oxygens (including phenoxy) is 1. The Morgan fingerprint density at radius 1 is 1.38 bits per heavy atom. The van der Waals surface area contributed by atoms with Crippen LogP contribution in [0.2, 0.25) is 0 Å². The predicted octanol–water partition coefficient (Wildman–Crippen LogP) is 3.08. The Balaban J connectivity index is 1.72. The molecule has 2 aliphatic rings. The SMILES string of the molecule is CC1CN(c2ccc(CNC3CC3)cc2F)CC(C)(C)O1. The Bertz CT molecular complexity index is 514. The largest absolute Gasteiger partial charge is 0.369 e. The second-order valence-electron chi connectivity index (χ2n) is 7.01. The van der Waals surface area contributed by atoms with Crippen molar-refractivity contribution in [2.24, 2.45) is 0 Å². The van der Waals surface area contributed by atoms with Gasteiger partial charge in [0.05, 0.1) is 17.4 Å². The molecule has 1 heterocycles. The van der Waals surface area contributed by atoms with E-state index in [9.17, 15) is 4.39 Å². The molecule has 0 spiro atoms.